The number of aliphatic hydroxyl groups is 1. The molecular weight excluding hydrogens is 564 g/mol. The van der Waals surface area contributed by atoms with Crippen LogP contribution in [-0.2, 0) is 22.6 Å². The molecule has 0 spiro atoms. The highest BCUT2D eigenvalue weighted by Gasteiger charge is 2.40. The second-order valence-electron chi connectivity index (χ2n) is 12.2. The topological polar surface area (TPSA) is 96.8 Å². The van der Waals surface area contributed by atoms with E-state index in [4.69, 9.17) is 9.47 Å². The lowest BCUT2D eigenvalue weighted by Gasteiger charge is -2.43. The first-order valence-corrected chi connectivity index (χ1v) is 16.0. The number of para-hydroxylation sites is 2. The first-order chi connectivity index (χ1) is 22.0. The van der Waals surface area contributed by atoms with Crippen LogP contribution in [0.1, 0.15) is 77.7 Å². The molecule has 0 bridgehead atoms. The molecule has 234 valence electrons. The van der Waals surface area contributed by atoms with Crippen LogP contribution in [0.25, 0.3) is 11.0 Å². The van der Waals surface area contributed by atoms with Crippen LogP contribution in [0.2, 0.25) is 0 Å². The van der Waals surface area contributed by atoms with Crippen LogP contribution >= 0.6 is 0 Å². The summed E-state index contributed by atoms with van der Waals surface area (Å²) in [5.74, 6) is -0.155. The summed E-state index contributed by atoms with van der Waals surface area (Å²) in [5.41, 5.74) is 5.56. The number of benzene rings is 3. The first-order valence-electron chi connectivity index (χ1n) is 16.0. The van der Waals surface area contributed by atoms with Crippen molar-refractivity contribution in [2.24, 2.45) is 5.92 Å². The fourth-order valence-electron chi connectivity index (χ4n) is 6.50. The monoisotopic (exact) mass is 606 g/mol. The molecule has 2 fully saturated rings. The average molecular weight is 607 g/mol. The molecule has 1 aliphatic carbocycles. The lowest BCUT2D eigenvalue weighted by atomic mass is 9.89. The van der Waals surface area contributed by atoms with Gasteiger partial charge in [0.15, 0.2) is 6.29 Å². The van der Waals surface area contributed by atoms with Gasteiger partial charge in [-0.25, -0.2) is 4.98 Å². The van der Waals surface area contributed by atoms with Crippen LogP contribution < -0.4 is 5.32 Å². The Morgan fingerprint density at radius 2 is 1.67 bits per heavy atom. The minimum absolute atomic E-state index is 0.0100. The third-order valence-corrected chi connectivity index (χ3v) is 9.13. The van der Waals surface area contributed by atoms with Gasteiger partial charge in [-0.1, -0.05) is 86.5 Å². The Balaban J connectivity index is 1.17. The van der Waals surface area contributed by atoms with Gasteiger partial charge in [0.25, 0.3) is 5.91 Å². The molecule has 8 heteroatoms. The van der Waals surface area contributed by atoms with Crippen molar-refractivity contribution in [1.29, 1.82) is 0 Å². The van der Waals surface area contributed by atoms with E-state index < -0.39 is 6.29 Å². The maximum absolute atomic E-state index is 12.8. The molecular formula is C37H42N4O4. The summed E-state index contributed by atoms with van der Waals surface area (Å²) < 4.78 is 13.4. The molecule has 1 amide bonds. The molecule has 45 heavy (non-hydrogen) atoms. The van der Waals surface area contributed by atoms with Gasteiger partial charge in [0.05, 0.1) is 36.0 Å². The number of aliphatic hydroxyl groups excluding tert-OH is 1. The van der Waals surface area contributed by atoms with E-state index in [2.05, 4.69) is 45.8 Å². The van der Waals surface area contributed by atoms with Crippen molar-refractivity contribution in [1.82, 2.24) is 20.2 Å². The van der Waals surface area contributed by atoms with Gasteiger partial charge in [-0.05, 0) is 41.7 Å². The molecule has 1 saturated heterocycles. The smallest absolute Gasteiger partial charge is 0.271 e. The van der Waals surface area contributed by atoms with E-state index in [0.29, 0.717) is 18.1 Å². The zero-order valence-corrected chi connectivity index (χ0v) is 25.8. The summed E-state index contributed by atoms with van der Waals surface area (Å²) in [6, 6.07) is 24.1. The molecule has 6 rings (SSSR count). The number of nitrogens with zero attached hydrogens (tertiary/aromatic N) is 3. The summed E-state index contributed by atoms with van der Waals surface area (Å²) in [6.45, 7) is 8.25. The van der Waals surface area contributed by atoms with Gasteiger partial charge in [0.2, 0.25) is 0 Å². The minimum atomic E-state index is -0.542. The van der Waals surface area contributed by atoms with Gasteiger partial charge in [0, 0.05) is 37.2 Å². The van der Waals surface area contributed by atoms with E-state index in [-0.39, 0.29) is 36.3 Å². The van der Waals surface area contributed by atoms with E-state index in [1.807, 2.05) is 66.7 Å². The first kappa shape index (κ1) is 31.0. The quantitative estimate of drug-likeness (QED) is 0.194. The molecule has 2 N–H and O–H groups in total. The SMILES string of the molecule is C=CCN(C[C@@H]1O[C@H](c2ccc(CNC(=O)c3cnc4ccccc4n3)cc2)O[C@H](c2ccc(CO)cc2)[C@@H]1C)C1CCCC1. The van der Waals surface area contributed by atoms with E-state index >= 15 is 0 Å². The zero-order valence-electron chi connectivity index (χ0n) is 25.8. The molecule has 1 saturated carbocycles. The molecule has 2 heterocycles. The van der Waals surface area contributed by atoms with Crippen molar-refractivity contribution < 1.29 is 19.4 Å². The van der Waals surface area contributed by atoms with E-state index in [1.54, 1.807) is 0 Å². The highest BCUT2D eigenvalue weighted by molar-refractivity contribution is 5.93. The van der Waals surface area contributed by atoms with Gasteiger partial charge in [-0.15, -0.1) is 6.58 Å². The van der Waals surface area contributed by atoms with Crippen LogP contribution in [0.4, 0.5) is 0 Å². The van der Waals surface area contributed by atoms with Crippen LogP contribution in [0.15, 0.2) is 91.6 Å². The molecule has 1 aliphatic heterocycles. The highest BCUT2D eigenvalue weighted by Crippen LogP contribution is 2.42. The largest absolute Gasteiger partial charge is 0.392 e. The number of hydrogen-bond acceptors (Lipinski definition) is 7. The standard InChI is InChI=1S/C37H42N4O4/c1-3-20-41(30-8-4-5-9-30)23-34-25(2)35(28-16-14-27(24-42)15-17-28)45-37(44-34)29-18-12-26(13-19-29)21-39-36(43)33-22-38-31-10-6-7-11-32(31)40-33/h3,6-7,10-19,22,25,30,34-35,37,42H,1,4-5,8-9,20-21,23-24H2,2H3,(H,39,43)/t25-,34+,35+,37+/m1/s1. The van der Waals surface area contributed by atoms with Gasteiger partial charge in [0.1, 0.15) is 5.69 Å². The maximum atomic E-state index is 12.8. The van der Waals surface area contributed by atoms with E-state index in [9.17, 15) is 9.90 Å². The number of nitrogens with one attached hydrogen (secondary N) is 1. The molecule has 4 atom stereocenters. The second-order valence-corrected chi connectivity index (χ2v) is 12.2. The fourth-order valence-corrected chi connectivity index (χ4v) is 6.50. The normalized spacial score (nSPS) is 22.1. The Labute approximate surface area is 265 Å². The lowest BCUT2D eigenvalue weighted by Crippen LogP contribution is -2.47. The van der Waals surface area contributed by atoms with Gasteiger partial charge < -0.3 is 19.9 Å². The van der Waals surface area contributed by atoms with Crippen molar-refractivity contribution in [3.63, 3.8) is 0 Å². The summed E-state index contributed by atoms with van der Waals surface area (Å²) in [6.07, 6.45) is 7.71. The average Bonchev–Trinajstić information content (AvgIpc) is 3.63. The number of amides is 1. The van der Waals surface area contributed by atoms with Crippen LogP contribution in [0.5, 0.6) is 0 Å². The Morgan fingerprint density at radius 3 is 2.38 bits per heavy atom. The Kier molecular flexibility index (Phi) is 9.96. The van der Waals surface area contributed by atoms with Crippen molar-refractivity contribution in [2.75, 3.05) is 13.1 Å². The van der Waals surface area contributed by atoms with Gasteiger partial charge in [-0.2, -0.15) is 0 Å². The molecule has 1 aromatic heterocycles. The minimum Gasteiger partial charge on any atom is -0.392 e. The molecule has 4 aromatic rings. The number of hydrogen-bond donors (Lipinski definition) is 2. The molecule has 3 aromatic carbocycles. The summed E-state index contributed by atoms with van der Waals surface area (Å²) in [5, 5.41) is 12.5. The Morgan fingerprint density at radius 1 is 0.978 bits per heavy atom. The Bertz CT molecular complexity index is 1590. The summed E-state index contributed by atoms with van der Waals surface area (Å²) >= 11 is 0. The third kappa shape index (κ3) is 7.31. The number of aromatic nitrogens is 2. The van der Waals surface area contributed by atoms with Crippen molar-refractivity contribution in [3.05, 3.63) is 120 Å². The molecule has 8 nitrogen and oxygen atoms in total. The summed E-state index contributed by atoms with van der Waals surface area (Å²) in [4.78, 5) is 24.1. The summed E-state index contributed by atoms with van der Waals surface area (Å²) in [7, 11) is 0. The van der Waals surface area contributed by atoms with Crippen molar-refractivity contribution in [2.45, 2.75) is 70.3 Å². The number of rotatable bonds is 11. The van der Waals surface area contributed by atoms with Crippen LogP contribution in [0, 0.1) is 5.92 Å². The number of carbonyl (C=O) groups excluding carboxylic acids is 1. The fraction of sp³-hybridized carbons (Fsp3) is 0.378. The van der Waals surface area contributed by atoms with Crippen molar-refractivity contribution >= 4 is 16.9 Å². The maximum Gasteiger partial charge on any atom is 0.271 e. The van der Waals surface area contributed by atoms with Crippen molar-refractivity contribution in [3.8, 4) is 0 Å². The highest BCUT2D eigenvalue weighted by atomic mass is 16.7. The zero-order chi connectivity index (χ0) is 31.2. The van der Waals surface area contributed by atoms with Crippen LogP contribution in [-0.4, -0.2) is 51.1 Å². The van der Waals surface area contributed by atoms with E-state index in [0.717, 1.165) is 40.9 Å². The predicted molar refractivity (Wildman–Crippen MR) is 174 cm³/mol. The predicted octanol–water partition coefficient (Wildman–Crippen LogP) is 6.27. The molecule has 0 unspecified atom stereocenters. The number of carbonyl (C=O) groups is 1. The second kappa shape index (κ2) is 14.4. The molecule has 0 radical (unpaired) electrons. The van der Waals surface area contributed by atoms with Crippen LogP contribution in [0.3, 0.4) is 0 Å². The van der Waals surface area contributed by atoms with Gasteiger partial charge in [-0.3, -0.25) is 14.7 Å². The van der Waals surface area contributed by atoms with Gasteiger partial charge >= 0.3 is 0 Å². The number of ether oxygens (including phenoxy) is 2. The number of fused-ring (bicyclic) bond motifs is 1. The lowest BCUT2D eigenvalue weighted by molar-refractivity contribution is -0.276. The Hall–Kier alpha value is -3.95. The molecule has 2 aliphatic rings. The third-order valence-electron chi connectivity index (χ3n) is 9.13. The van der Waals surface area contributed by atoms with E-state index in [1.165, 1.54) is 31.9 Å².